The maximum absolute atomic E-state index is 5.97. The summed E-state index contributed by atoms with van der Waals surface area (Å²) >= 11 is 0. The summed E-state index contributed by atoms with van der Waals surface area (Å²) in [6.07, 6.45) is 2.16. The van der Waals surface area contributed by atoms with Gasteiger partial charge in [0.05, 0.1) is 11.7 Å². The number of H-pyrrole nitrogens is 1. The predicted molar refractivity (Wildman–Crippen MR) is 55.0 cm³/mol. The maximum Gasteiger partial charge on any atom is 0.141 e. The molecule has 0 saturated heterocycles. The molecule has 1 atom stereocenters. The molecule has 0 bridgehead atoms. The fraction of sp³-hybridized carbons (Fsp3) is 0.444. The van der Waals surface area contributed by atoms with Crippen LogP contribution in [-0.4, -0.2) is 25.0 Å². The van der Waals surface area contributed by atoms with Gasteiger partial charge in [0.25, 0.3) is 0 Å². The van der Waals surface area contributed by atoms with Gasteiger partial charge in [0, 0.05) is 19.2 Å². The fourth-order valence-corrected chi connectivity index (χ4v) is 1.57. The molecule has 0 aliphatic heterocycles. The Morgan fingerprint density at radius 3 is 2.93 bits per heavy atom. The Balaban J connectivity index is 2.12. The second kappa shape index (κ2) is 3.82. The molecule has 0 aromatic carbocycles. The SMILES string of the molecule is Cc1cc(CC(N)c2ncn[nH]2)n(C)n1. The average Bonchev–Trinajstić information content (AvgIpc) is 2.76. The van der Waals surface area contributed by atoms with E-state index in [1.807, 2.05) is 24.7 Å². The van der Waals surface area contributed by atoms with Crippen LogP contribution in [0.5, 0.6) is 0 Å². The summed E-state index contributed by atoms with van der Waals surface area (Å²) in [5.41, 5.74) is 8.07. The second-order valence-corrected chi connectivity index (χ2v) is 3.58. The van der Waals surface area contributed by atoms with Crippen LogP contribution in [0.1, 0.15) is 23.3 Å². The van der Waals surface area contributed by atoms with Crippen molar-refractivity contribution in [3.63, 3.8) is 0 Å². The van der Waals surface area contributed by atoms with Crippen LogP contribution in [0, 0.1) is 6.92 Å². The van der Waals surface area contributed by atoms with E-state index in [2.05, 4.69) is 20.3 Å². The molecule has 2 heterocycles. The lowest BCUT2D eigenvalue weighted by Crippen LogP contribution is -2.16. The minimum atomic E-state index is -0.165. The average molecular weight is 206 g/mol. The van der Waals surface area contributed by atoms with E-state index in [-0.39, 0.29) is 6.04 Å². The smallest absolute Gasteiger partial charge is 0.141 e. The molecule has 0 fully saturated rings. The second-order valence-electron chi connectivity index (χ2n) is 3.58. The molecule has 6 nitrogen and oxygen atoms in total. The van der Waals surface area contributed by atoms with Crippen molar-refractivity contribution in [2.24, 2.45) is 12.8 Å². The van der Waals surface area contributed by atoms with E-state index in [1.54, 1.807) is 0 Å². The van der Waals surface area contributed by atoms with Crippen LogP contribution >= 0.6 is 0 Å². The van der Waals surface area contributed by atoms with E-state index < -0.39 is 0 Å². The Bertz CT molecular complexity index is 429. The van der Waals surface area contributed by atoms with Gasteiger partial charge in [-0.15, -0.1) is 0 Å². The normalized spacial score (nSPS) is 13.0. The zero-order chi connectivity index (χ0) is 10.8. The summed E-state index contributed by atoms with van der Waals surface area (Å²) in [7, 11) is 1.91. The van der Waals surface area contributed by atoms with Gasteiger partial charge >= 0.3 is 0 Å². The number of aromatic amines is 1. The third kappa shape index (κ3) is 2.04. The summed E-state index contributed by atoms with van der Waals surface area (Å²) in [6, 6.07) is 1.86. The molecule has 0 aliphatic rings. The molecule has 0 saturated carbocycles. The highest BCUT2D eigenvalue weighted by Crippen LogP contribution is 2.12. The molecule has 15 heavy (non-hydrogen) atoms. The topological polar surface area (TPSA) is 85.4 Å². The first kappa shape index (κ1) is 9.85. The van der Waals surface area contributed by atoms with Gasteiger partial charge in [-0.3, -0.25) is 9.78 Å². The third-order valence-corrected chi connectivity index (χ3v) is 2.31. The van der Waals surface area contributed by atoms with Crippen molar-refractivity contribution in [2.75, 3.05) is 0 Å². The van der Waals surface area contributed by atoms with Crippen LogP contribution in [0.3, 0.4) is 0 Å². The van der Waals surface area contributed by atoms with Gasteiger partial charge in [-0.1, -0.05) is 0 Å². The lowest BCUT2D eigenvalue weighted by molar-refractivity contribution is 0.616. The highest BCUT2D eigenvalue weighted by Gasteiger charge is 2.12. The molecular weight excluding hydrogens is 192 g/mol. The summed E-state index contributed by atoms with van der Waals surface area (Å²) < 4.78 is 1.84. The van der Waals surface area contributed by atoms with Crippen LogP contribution in [0.15, 0.2) is 12.4 Å². The standard InChI is InChI=1S/C9H14N6/c1-6-3-7(15(2)14-6)4-8(10)9-11-5-12-13-9/h3,5,8H,4,10H2,1-2H3,(H,11,12,13). The first-order valence-electron chi connectivity index (χ1n) is 4.77. The Morgan fingerprint density at radius 2 is 2.40 bits per heavy atom. The molecule has 1 unspecified atom stereocenters. The van der Waals surface area contributed by atoms with Crippen molar-refractivity contribution < 1.29 is 0 Å². The van der Waals surface area contributed by atoms with E-state index in [4.69, 9.17) is 5.73 Å². The number of hydrogen-bond donors (Lipinski definition) is 2. The van der Waals surface area contributed by atoms with Crippen LogP contribution in [0.25, 0.3) is 0 Å². The minimum absolute atomic E-state index is 0.165. The van der Waals surface area contributed by atoms with E-state index in [0.717, 1.165) is 11.4 Å². The quantitative estimate of drug-likeness (QED) is 0.745. The molecule has 0 radical (unpaired) electrons. The van der Waals surface area contributed by atoms with Crippen molar-refractivity contribution in [3.8, 4) is 0 Å². The van der Waals surface area contributed by atoms with E-state index in [9.17, 15) is 0 Å². The third-order valence-electron chi connectivity index (χ3n) is 2.31. The monoisotopic (exact) mass is 206 g/mol. The van der Waals surface area contributed by atoms with E-state index in [1.165, 1.54) is 6.33 Å². The molecule has 0 aliphatic carbocycles. The Morgan fingerprint density at radius 1 is 1.60 bits per heavy atom. The number of nitrogens with zero attached hydrogens (tertiary/aromatic N) is 4. The molecule has 0 spiro atoms. The van der Waals surface area contributed by atoms with Crippen molar-refractivity contribution in [3.05, 3.63) is 29.6 Å². The van der Waals surface area contributed by atoms with Gasteiger partial charge in [-0.2, -0.15) is 10.2 Å². The van der Waals surface area contributed by atoms with Gasteiger partial charge in [0.1, 0.15) is 12.2 Å². The first-order valence-corrected chi connectivity index (χ1v) is 4.77. The summed E-state index contributed by atoms with van der Waals surface area (Å²) in [4.78, 5) is 4.03. The largest absolute Gasteiger partial charge is 0.321 e. The molecule has 2 aromatic rings. The summed E-state index contributed by atoms with van der Waals surface area (Å²) in [5, 5.41) is 10.8. The zero-order valence-electron chi connectivity index (χ0n) is 8.81. The van der Waals surface area contributed by atoms with Crippen molar-refractivity contribution in [1.82, 2.24) is 25.0 Å². The number of rotatable bonds is 3. The van der Waals surface area contributed by atoms with Crippen molar-refractivity contribution >= 4 is 0 Å². The minimum Gasteiger partial charge on any atom is -0.321 e. The summed E-state index contributed by atoms with van der Waals surface area (Å²) in [6.45, 7) is 1.96. The molecular formula is C9H14N6. The van der Waals surface area contributed by atoms with E-state index in [0.29, 0.717) is 12.2 Å². The lowest BCUT2D eigenvalue weighted by atomic mass is 10.1. The van der Waals surface area contributed by atoms with E-state index >= 15 is 0 Å². The van der Waals surface area contributed by atoms with Crippen molar-refractivity contribution in [2.45, 2.75) is 19.4 Å². The maximum atomic E-state index is 5.97. The van der Waals surface area contributed by atoms with Crippen molar-refractivity contribution in [1.29, 1.82) is 0 Å². The molecule has 6 heteroatoms. The van der Waals surface area contributed by atoms with Gasteiger partial charge in [0.15, 0.2) is 0 Å². The van der Waals surface area contributed by atoms with Crippen LogP contribution in [-0.2, 0) is 13.5 Å². The van der Waals surface area contributed by atoms with Crippen LogP contribution < -0.4 is 5.73 Å². The van der Waals surface area contributed by atoms with Crippen LogP contribution in [0.4, 0.5) is 0 Å². The van der Waals surface area contributed by atoms with Gasteiger partial charge < -0.3 is 5.73 Å². The highest BCUT2D eigenvalue weighted by molar-refractivity contribution is 5.11. The Labute approximate surface area is 87.5 Å². The molecule has 0 amide bonds. The Kier molecular flexibility index (Phi) is 2.51. The molecule has 2 rings (SSSR count). The first-order chi connectivity index (χ1) is 7.16. The number of aryl methyl sites for hydroxylation is 2. The fourth-order valence-electron chi connectivity index (χ4n) is 1.57. The summed E-state index contributed by atoms with van der Waals surface area (Å²) in [5.74, 6) is 0.703. The number of hydrogen-bond acceptors (Lipinski definition) is 4. The number of nitrogens with one attached hydrogen (secondary N) is 1. The van der Waals surface area contributed by atoms with Gasteiger partial charge in [-0.05, 0) is 13.0 Å². The Hall–Kier alpha value is -1.69. The van der Waals surface area contributed by atoms with Gasteiger partial charge in [-0.25, -0.2) is 4.98 Å². The highest BCUT2D eigenvalue weighted by atomic mass is 15.3. The molecule has 3 N–H and O–H groups in total. The number of aromatic nitrogens is 5. The molecule has 2 aromatic heterocycles. The predicted octanol–water partition coefficient (Wildman–Crippen LogP) is 0.0891. The lowest BCUT2D eigenvalue weighted by Gasteiger charge is -2.07. The molecule has 80 valence electrons. The number of nitrogens with two attached hydrogens (primary N) is 1. The van der Waals surface area contributed by atoms with Crippen LogP contribution in [0.2, 0.25) is 0 Å². The zero-order valence-corrected chi connectivity index (χ0v) is 8.81. The van der Waals surface area contributed by atoms with Gasteiger partial charge in [0.2, 0.25) is 0 Å².